The Morgan fingerprint density at radius 1 is 1.69 bits per heavy atom. The van der Waals surface area contributed by atoms with Crippen molar-refractivity contribution in [3.63, 3.8) is 0 Å². The van der Waals surface area contributed by atoms with E-state index < -0.39 is 5.54 Å². The average molecular weight is 241 g/mol. The lowest BCUT2D eigenvalue weighted by Gasteiger charge is -2.22. The van der Waals surface area contributed by atoms with Crippen molar-refractivity contribution < 1.29 is 4.79 Å². The highest BCUT2D eigenvalue weighted by atomic mass is 35.5. The highest BCUT2D eigenvalue weighted by molar-refractivity contribution is 6.29. The Morgan fingerprint density at radius 2 is 2.38 bits per heavy atom. The fourth-order valence-corrected chi connectivity index (χ4v) is 1.64. The third-order valence-corrected chi connectivity index (χ3v) is 2.97. The second kappa shape index (κ2) is 3.99. The van der Waals surface area contributed by atoms with Crippen LogP contribution in [0, 0.1) is 5.92 Å². The van der Waals surface area contributed by atoms with Gasteiger partial charge >= 0.3 is 0 Å². The van der Waals surface area contributed by atoms with Crippen LogP contribution < -0.4 is 11.1 Å². The topological polar surface area (TPSA) is 80.9 Å². The van der Waals surface area contributed by atoms with Crippen LogP contribution >= 0.6 is 11.6 Å². The number of carbonyl (C=O) groups excluding carboxylic acids is 1. The van der Waals surface area contributed by atoms with Crippen molar-refractivity contribution in [2.75, 3.05) is 5.32 Å². The van der Waals surface area contributed by atoms with Crippen LogP contribution in [0.15, 0.2) is 12.3 Å². The van der Waals surface area contributed by atoms with Gasteiger partial charge in [0, 0.05) is 6.20 Å². The Hall–Kier alpha value is -1.20. The number of halogens is 1. The van der Waals surface area contributed by atoms with Gasteiger partial charge in [-0.05, 0) is 31.7 Å². The van der Waals surface area contributed by atoms with E-state index in [1.165, 1.54) is 6.20 Å². The van der Waals surface area contributed by atoms with Crippen molar-refractivity contribution in [3.8, 4) is 0 Å². The normalized spacial score (nSPS) is 18.9. The third kappa shape index (κ3) is 2.31. The zero-order chi connectivity index (χ0) is 11.8. The molecule has 5 nitrogen and oxygen atoms in total. The number of aromatic nitrogens is 2. The van der Waals surface area contributed by atoms with Gasteiger partial charge in [0.25, 0.3) is 0 Å². The zero-order valence-electron chi connectivity index (χ0n) is 8.90. The number of hydrogen-bond donors (Lipinski definition) is 2. The summed E-state index contributed by atoms with van der Waals surface area (Å²) >= 11 is 5.68. The van der Waals surface area contributed by atoms with E-state index in [9.17, 15) is 4.79 Å². The molecular formula is C10H13ClN4O. The van der Waals surface area contributed by atoms with Gasteiger partial charge in [0.1, 0.15) is 5.15 Å². The molecule has 1 aromatic heterocycles. The Morgan fingerprint density at radius 3 is 2.94 bits per heavy atom. The first-order valence-electron chi connectivity index (χ1n) is 5.09. The van der Waals surface area contributed by atoms with E-state index in [1.54, 1.807) is 13.0 Å². The van der Waals surface area contributed by atoms with Gasteiger partial charge in [0.15, 0.2) is 0 Å². The summed E-state index contributed by atoms with van der Waals surface area (Å²) in [4.78, 5) is 19.6. The molecular weight excluding hydrogens is 228 g/mol. The average Bonchev–Trinajstić information content (AvgIpc) is 3.00. The molecule has 1 unspecified atom stereocenters. The molecule has 0 aliphatic heterocycles. The fraction of sp³-hybridized carbons (Fsp3) is 0.500. The van der Waals surface area contributed by atoms with Crippen LogP contribution in [0.2, 0.25) is 5.15 Å². The maximum Gasteiger partial charge on any atom is 0.246 e. The molecule has 1 atom stereocenters. The molecule has 1 heterocycles. The second-order valence-electron chi connectivity index (χ2n) is 4.21. The van der Waals surface area contributed by atoms with Crippen LogP contribution in [-0.4, -0.2) is 21.4 Å². The van der Waals surface area contributed by atoms with Crippen LogP contribution in [0.5, 0.6) is 0 Å². The molecule has 1 amide bonds. The Kier molecular flexibility index (Phi) is 2.82. The van der Waals surface area contributed by atoms with Gasteiger partial charge in [-0.3, -0.25) is 10.1 Å². The van der Waals surface area contributed by atoms with Crippen LogP contribution in [0.25, 0.3) is 0 Å². The third-order valence-electron chi connectivity index (χ3n) is 2.76. The minimum Gasteiger partial charge on any atom is -0.317 e. The van der Waals surface area contributed by atoms with E-state index in [0.29, 0.717) is 0 Å². The maximum absolute atomic E-state index is 11.9. The lowest BCUT2D eigenvalue weighted by atomic mass is 9.96. The number of rotatable bonds is 3. The summed E-state index contributed by atoms with van der Waals surface area (Å²) in [6.45, 7) is 1.73. The molecule has 0 spiro atoms. The van der Waals surface area contributed by atoms with Crippen LogP contribution in [0.3, 0.4) is 0 Å². The number of nitrogens with zero attached hydrogens (tertiary/aromatic N) is 2. The van der Waals surface area contributed by atoms with Gasteiger partial charge < -0.3 is 5.73 Å². The van der Waals surface area contributed by atoms with Gasteiger partial charge in [-0.2, -0.15) is 0 Å². The minimum absolute atomic E-state index is 0.190. The molecule has 1 aromatic rings. The number of anilines is 1. The molecule has 1 fully saturated rings. The molecule has 2 rings (SSSR count). The van der Waals surface area contributed by atoms with Gasteiger partial charge in [0.2, 0.25) is 11.9 Å². The quantitative estimate of drug-likeness (QED) is 0.778. The molecule has 86 valence electrons. The first kappa shape index (κ1) is 11.3. The SMILES string of the molecule is CC(N)(C(=O)Nc1nccc(Cl)n1)C1CC1. The first-order chi connectivity index (χ1) is 7.50. The summed E-state index contributed by atoms with van der Waals surface area (Å²) in [6.07, 6.45) is 3.48. The van der Waals surface area contributed by atoms with Gasteiger partial charge in [-0.1, -0.05) is 11.6 Å². The van der Waals surface area contributed by atoms with E-state index in [2.05, 4.69) is 15.3 Å². The molecule has 6 heteroatoms. The van der Waals surface area contributed by atoms with E-state index in [0.717, 1.165) is 12.8 Å². The van der Waals surface area contributed by atoms with Crippen LogP contribution in [0.1, 0.15) is 19.8 Å². The molecule has 0 saturated heterocycles. The summed E-state index contributed by atoms with van der Waals surface area (Å²) in [7, 11) is 0. The van der Waals surface area contributed by atoms with Gasteiger partial charge in [-0.15, -0.1) is 0 Å². The second-order valence-corrected chi connectivity index (χ2v) is 4.60. The number of amides is 1. The maximum atomic E-state index is 11.9. The molecule has 16 heavy (non-hydrogen) atoms. The highest BCUT2D eigenvalue weighted by Gasteiger charge is 2.44. The molecule has 1 aliphatic carbocycles. The number of nitrogens with one attached hydrogen (secondary N) is 1. The van der Waals surface area contributed by atoms with E-state index in [4.69, 9.17) is 17.3 Å². The van der Waals surface area contributed by atoms with Crippen molar-refractivity contribution in [3.05, 3.63) is 17.4 Å². The van der Waals surface area contributed by atoms with Crippen molar-refractivity contribution in [2.24, 2.45) is 11.7 Å². The first-order valence-corrected chi connectivity index (χ1v) is 5.47. The van der Waals surface area contributed by atoms with Gasteiger partial charge in [-0.25, -0.2) is 9.97 Å². The summed E-state index contributed by atoms with van der Waals surface area (Å²) < 4.78 is 0. The summed E-state index contributed by atoms with van der Waals surface area (Å²) in [5, 5.41) is 2.86. The van der Waals surface area contributed by atoms with Crippen LogP contribution in [-0.2, 0) is 4.79 Å². The van der Waals surface area contributed by atoms with E-state index in [1.807, 2.05) is 0 Å². The minimum atomic E-state index is -0.855. The summed E-state index contributed by atoms with van der Waals surface area (Å²) in [5.41, 5.74) is 5.10. The van der Waals surface area contributed by atoms with Crippen molar-refractivity contribution in [2.45, 2.75) is 25.3 Å². The van der Waals surface area contributed by atoms with Gasteiger partial charge in [0.05, 0.1) is 5.54 Å². The summed E-state index contributed by atoms with van der Waals surface area (Å²) in [6, 6.07) is 1.54. The lowest BCUT2D eigenvalue weighted by molar-refractivity contribution is -0.121. The molecule has 0 radical (unpaired) electrons. The van der Waals surface area contributed by atoms with Crippen molar-refractivity contribution in [1.29, 1.82) is 0 Å². The molecule has 0 aromatic carbocycles. The van der Waals surface area contributed by atoms with Crippen molar-refractivity contribution in [1.82, 2.24) is 9.97 Å². The fourth-order valence-electron chi connectivity index (χ4n) is 1.50. The predicted octanol–water partition coefficient (Wildman–Crippen LogP) is 1.20. The standard InChI is InChI=1S/C10H13ClN4O/c1-10(12,6-2-3-6)8(16)15-9-13-5-4-7(11)14-9/h4-6H,2-3,12H2,1H3,(H,13,14,15,16). The molecule has 1 saturated carbocycles. The molecule has 3 N–H and O–H groups in total. The zero-order valence-corrected chi connectivity index (χ0v) is 9.66. The van der Waals surface area contributed by atoms with E-state index >= 15 is 0 Å². The molecule has 0 bridgehead atoms. The number of carbonyl (C=O) groups is 1. The Balaban J connectivity index is 2.07. The van der Waals surface area contributed by atoms with Crippen molar-refractivity contribution >= 4 is 23.5 Å². The predicted molar refractivity (Wildman–Crippen MR) is 61.0 cm³/mol. The monoisotopic (exact) mass is 240 g/mol. The van der Waals surface area contributed by atoms with Crippen LogP contribution in [0.4, 0.5) is 5.95 Å². The highest BCUT2D eigenvalue weighted by Crippen LogP contribution is 2.38. The number of hydrogen-bond acceptors (Lipinski definition) is 4. The number of nitrogens with two attached hydrogens (primary N) is 1. The Bertz CT molecular complexity index is 417. The molecule has 1 aliphatic rings. The lowest BCUT2D eigenvalue weighted by Crippen LogP contribution is -2.50. The largest absolute Gasteiger partial charge is 0.317 e. The van der Waals surface area contributed by atoms with E-state index in [-0.39, 0.29) is 22.9 Å². The smallest absolute Gasteiger partial charge is 0.246 e. The summed E-state index contributed by atoms with van der Waals surface area (Å²) in [5.74, 6) is 0.179. The Labute approximate surface area is 98.4 Å².